The first-order valence-corrected chi connectivity index (χ1v) is 9.73. The number of nitrogens with zero attached hydrogens (tertiary/aromatic N) is 6. The van der Waals surface area contributed by atoms with Gasteiger partial charge in [0.15, 0.2) is 5.82 Å². The molecular weight excluding hydrogens is 416 g/mol. The maximum absolute atomic E-state index is 14.5. The third-order valence-electron chi connectivity index (χ3n) is 5.32. The molecule has 3 aromatic rings. The molecule has 3 heterocycles. The van der Waals surface area contributed by atoms with E-state index in [1.807, 2.05) is 20.0 Å². The van der Waals surface area contributed by atoms with Crippen molar-refractivity contribution in [3.8, 4) is 5.82 Å². The number of alkyl halides is 3. The minimum atomic E-state index is -4.89. The number of fused-ring (bicyclic) bond motifs is 1. The van der Waals surface area contributed by atoms with E-state index in [1.165, 1.54) is 4.90 Å². The zero-order chi connectivity index (χ0) is 22.5. The summed E-state index contributed by atoms with van der Waals surface area (Å²) in [5.74, 6) is -1.81. The molecule has 1 unspecified atom stereocenters. The first kappa shape index (κ1) is 21.0. The van der Waals surface area contributed by atoms with Crippen molar-refractivity contribution in [2.45, 2.75) is 52.0 Å². The van der Waals surface area contributed by atoms with Gasteiger partial charge in [0, 0.05) is 30.8 Å². The molecule has 0 bridgehead atoms. The average molecular weight is 436 g/mol. The Kier molecular flexibility index (Phi) is 5.06. The number of carbonyl (C=O) groups is 1. The van der Waals surface area contributed by atoms with Crippen molar-refractivity contribution in [1.29, 1.82) is 0 Å². The largest absolute Gasteiger partial charge is 0.419 e. The van der Waals surface area contributed by atoms with Crippen molar-refractivity contribution in [2.75, 3.05) is 0 Å². The van der Waals surface area contributed by atoms with E-state index in [0.29, 0.717) is 24.0 Å². The Morgan fingerprint density at radius 2 is 1.97 bits per heavy atom. The summed E-state index contributed by atoms with van der Waals surface area (Å²) in [5.41, 5.74) is -0.823. The van der Waals surface area contributed by atoms with Crippen LogP contribution in [0.1, 0.15) is 54.1 Å². The van der Waals surface area contributed by atoms with Gasteiger partial charge in [0.1, 0.15) is 11.5 Å². The van der Waals surface area contributed by atoms with Crippen molar-refractivity contribution < 1.29 is 22.4 Å². The highest BCUT2D eigenvalue weighted by atomic mass is 19.4. The third kappa shape index (κ3) is 3.68. The number of rotatable bonds is 3. The van der Waals surface area contributed by atoms with Crippen LogP contribution in [-0.4, -0.2) is 41.6 Å². The van der Waals surface area contributed by atoms with Crippen LogP contribution in [0.3, 0.4) is 0 Å². The molecule has 1 aliphatic heterocycles. The summed E-state index contributed by atoms with van der Waals surface area (Å²) in [4.78, 5) is 14.2. The second kappa shape index (κ2) is 7.47. The highest BCUT2D eigenvalue weighted by Crippen LogP contribution is 2.33. The van der Waals surface area contributed by atoms with Crippen LogP contribution in [0.2, 0.25) is 0 Å². The standard InChI is InChI=1S/C20H20F4N6O/c1-11(2)29-8-7-17(26-29)30-16-9-12(3)28(10-15(16)25-27-30)19(31)13-5-4-6-14(18(13)21)20(22,23)24/h4-8,11-12H,9-10H2,1-3H3. The van der Waals surface area contributed by atoms with Gasteiger partial charge in [-0.3, -0.25) is 9.48 Å². The summed E-state index contributed by atoms with van der Waals surface area (Å²) in [6.45, 7) is 5.74. The van der Waals surface area contributed by atoms with E-state index in [2.05, 4.69) is 15.4 Å². The molecule has 1 atom stereocenters. The van der Waals surface area contributed by atoms with Gasteiger partial charge in [0.05, 0.1) is 23.4 Å². The molecule has 1 aliphatic rings. The van der Waals surface area contributed by atoms with Crippen LogP contribution < -0.4 is 0 Å². The predicted molar refractivity (Wildman–Crippen MR) is 102 cm³/mol. The summed E-state index contributed by atoms with van der Waals surface area (Å²) in [6.07, 6.45) is -2.71. The van der Waals surface area contributed by atoms with Gasteiger partial charge >= 0.3 is 6.18 Å². The SMILES string of the molecule is CC1Cc2c(nnn2-c2ccn(C(C)C)n2)CN1C(=O)c1cccc(C(F)(F)F)c1F. The van der Waals surface area contributed by atoms with Gasteiger partial charge in [-0.2, -0.15) is 23.0 Å². The molecule has 0 spiro atoms. The van der Waals surface area contributed by atoms with Gasteiger partial charge in [-0.1, -0.05) is 11.3 Å². The lowest BCUT2D eigenvalue weighted by molar-refractivity contribution is -0.140. The van der Waals surface area contributed by atoms with Crippen LogP contribution in [0.5, 0.6) is 0 Å². The quantitative estimate of drug-likeness (QED) is 0.586. The highest BCUT2D eigenvalue weighted by molar-refractivity contribution is 5.95. The van der Waals surface area contributed by atoms with E-state index in [1.54, 1.807) is 22.4 Å². The topological polar surface area (TPSA) is 68.8 Å². The Morgan fingerprint density at radius 3 is 2.61 bits per heavy atom. The molecule has 0 saturated heterocycles. The lowest BCUT2D eigenvalue weighted by Crippen LogP contribution is -2.43. The minimum Gasteiger partial charge on any atom is -0.329 e. The van der Waals surface area contributed by atoms with E-state index in [-0.39, 0.29) is 12.6 Å². The highest BCUT2D eigenvalue weighted by Gasteiger charge is 2.38. The molecule has 31 heavy (non-hydrogen) atoms. The summed E-state index contributed by atoms with van der Waals surface area (Å²) in [5, 5.41) is 12.7. The summed E-state index contributed by atoms with van der Waals surface area (Å²) >= 11 is 0. The average Bonchev–Trinajstić information content (AvgIpc) is 3.32. The van der Waals surface area contributed by atoms with E-state index in [0.717, 1.165) is 17.8 Å². The van der Waals surface area contributed by atoms with Crippen molar-refractivity contribution >= 4 is 5.91 Å². The van der Waals surface area contributed by atoms with E-state index < -0.39 is 35.1 Å². The van der Waals surface area contributed by atoms with Crippen LogP contribution in [0, 0.1) is 5.82 Å². The zero-order valence-corrected chi connectivity index (χ0v) is 17.1. The number of carbonyl (C=O) groups excluding carboxylic acids is 1. The number of amides is 1. The fourth-order valence-corrected chi connectivity index (χ4v) is 3.62. The summed E-state index contributed by atoms with van der Waals surface area (Å²) in [6, 6.07) is 4.27. The molecule has 164 valence electrons. The summed E-state index contributed by atoms with van der Waals surface area (Å²) < 4.78 is 56.9. The summed E-state index contributed by atoms with van der Waals surface area (Å²) in [7, 11) is 0. The number of hydrogen-bond acceptors (Lipinski definition) is 4. The molecule has 7 nitrogen and oxygen atoms in total. The number of aromatic nitrogens is 5. The monoisotopic (exact) mass is 436 g/mol. The molecule has 1 aromatic carbocycles. The second-order valence-electron chi connectivity index (χ2n) is 7.79. The van der Waals surface area contributed by atoms with Gasteiger partial charge < -0.3 is 4.90 Å². The van der Waals surface area contributed by atoms with E-state index >= 15 is 0 Å². The second-order valence-corrected chi connectivity index (χ2v) is 7.79. The smallest absolute Gasteiger partial charge is 0.329 e. The number of halogens is 4. The maximum atomic E-state index is 14.5. The Labute approximate surface area is 175 Å². The molecule has 0 saturated carbocycles. The van der Waals surface area contributed by atoms with Crippen molar-refractivity contribution in [3.63, 3.8) is 0 Å². The van der Waals surface area contributed by atoms with Gasteiger partial charge in [0.2, 0.25) is 0 Å². The third-order valence-corrected chi connectivity index (χ3v) is 5.32. The van der Waals surface area contributed by atoms with Crippen LogP contribution in [0.25, 0.3) is 5.82 Å². The van der Waals surface area contributed by atoms with Gasteiger partial charge in [-0.25, -0.2) is 4.39 Å². The van der Waals surface area contributed by atoms with E-state index in [9.17, 15) is 22.4 Å². The Morgan fingerprint density at radius 1 is 1.23 bits per heavy atom. The fraction of sp³-hybridized carbons (Fsp3) is 0.400. The minimum absolute atomic E-state index is 0.00983. The van der Waals surface area contributed by atoms with Crippen LogP contribution in [0.4, 0.5) is 17.6 Å². The first-order chi connectivity index (χ1) is 14.6. The lowest BCUT2D eigenvalue weighted by Gasteiger charge is -2.33. The molecular formula is C20H20F4N6O. The first-order valence-electron chi connectivity index (χ1n) is 9.73. The number of hydrogen-bond donors (Lipinski definition) is 0. The van der Waals surface area contributed by atoms with Gasteiger partial charge in [-0.05, 0) is 32.9 Å². The zero-order valence-electron chi connectivity index (χ0n) is 17.1. The van der Waals surface area contributed by atoms with Gasteiger partial charge in [0.25, 0.3) is 5.91 Å². The van der Waals surface area contributed by atoms with Crippen LogP contribution in [0.15, 0.2) is 30.5 Å². The molecule has 0 fully saturated rings. The maximum Gasteiger partial charge on any atom is 0.419 e. The molecule has 1 amide bonds. The predicted octanol–water partition coefficient (Wildman–Crippen LogP) is 3.79. The van der Waals surface area contributed by atoms with Crippen LogP contribution in [-0.2, 0) is 19.1 Å². The van der Waals surface area contributed by atoms with Crippen LogP contribution >= 0.6 is 0 Å². The Bertz CT molecular complexity index is 1130. The molecule has 4 rings (SSSR count). The van der Waals surface area contributed by atoms with E-state index in [4.69, 9.17) is 0 Å². The Balaban J connectivity index is 1.63. The molecule has 0 radical (unpaired) electrons. The van der Waals surface area contributed by atoms with Crippen molar-refractivity contribution in [2.24, 2.45) is 0 Å². The van der Waals surface area contributed by atoms with Crippen molar-refractivity contribution in [3.05, 3.63) is 58.8 Å². The Hall–Kier alpha value is -3.24. The lowest BCUT2D eigenvalue weighted by atomic mass is 10.0. The molecule has 0 aliphatic carbocycles. The normalized spacial score (nSPS) is 16.6. The fourth-order valence-electron chi connectivity index (χ4n) is 3.62. The molecule has 2 aromatic heterocycles. The van der Waals surface area contributed by atoms with Crippen molar-refractivity contribution in [1.82, 2.24) is 29.7 Å². The molecule has 0 N–H and O–H groups in total. The molecule has 11 heteroatoms. The van der Waals surface area contributed by atoms with Gasteiger partial charge in [-0.15, -0.1) is 5.10 Å². The number of benzene rings is 1.